The Balaban J connectivity index is 1.72. The molecule has 0 bridgehead atoms. The van der Waals surface area contributed by atoms with Gasteiger partial charge < -0.3 is 5.73 Å². The van der Waals surface area contributed by atoms with Crippen LogP contribution in [0.15, 0.2) is 4.99 Å². The van der Waals surface area contributed by atoms with E-state index in [0.29, 0.717) is 5.92 Å². The molecule has 0 saturated heterocycles. The van der Waals surface area contributed by atoms with Crippen LogP contribution in [-0.2, 0) is 0 Å². The zero-order valence-corrected chi connectivity index (χ0v) is 11.3. The standard InChI is InChI=1S/C15H28N2/c1-2-12-7-9-13(10-8-12)11-17-15(16)14-5-3-4-6-14/h12-14H,2-11H2,1H3,(H2,16,17). The van der Waals surface area contributed by atoms with E-state index < -0.39 is 0 Å². The van der Waals surface area contributed by atoms with Crippen molar-refractivity contribution in [3.8, 4) is 0 Å². The molecule has 0 radical (unpaired) electrons. The molecular weight excluding hydrogens is 208 g/mol. The van der Waals surface area contributed by atoms with Crippen molar-refractivity contribution < 1.29 is 0 Å². The van der Waals surface area contributed by atoms with Gasteiger partial charge in [-0.15, -0.1) is 0 Å². The van der Waals surface area contributed by atoms with E-state index in [1.54, 1.807) is 0 Å². The molecule has 0 amide bonds. The van der Waals surface area contributed by atoms with Gasteiger partial charge in [-0.1, -0.05) is 39.0 Å². The first kappa shape index (κ1) is 12.9. The quantitative estimate of drug-likeness (QED) is 0.586. The van der Waals surface area contributed by atoms with Crippen LogP contribution in [0.25, 0.3) is 0 Å². The zero-order valence-electron chi connectivity index (χ0n) is 11.3. The lowest BCUT2D eigenvalue weighted by atomic mass is 9.81. The van der Waals surface area contributed by atoms with Crippen molar-refractivity contribution in [2.45, 2.75) is 64.7 Å². The largest absolute Gasteiger partial charge is 0.387 e. The molecule has 17 heavy (non-hydrogen) atoms. The number of hydrogen-bond acceptors (Lipinski definition) is 1. The molecule has 2 saturated carbocycles. The van der Waals surface area contributed by atoms with Crippen molar-refractivity contribution >= 4 is 5.84 Å². The SMILES string of the molecule is CCC1CCC(CN=C(N)C2CCCC2)CC1. The fraction of sp³-hybridized carbons (Fsp3) is 0.933. The summed E-state index contributed by atoms with van der Waals surface area (Å²) in [6.07, 6.45) is 12.2. The summed E-state index contributed by atoms with van der Waals surface area (Å²) in [7, 11) is 0. The molecule has 0 spiro atoms. The fourth-order valence-corrected chi connectivity index (χ4v) is 3.41. The number of hydrogen-bond donors (Lipinski definition) is 1. The molecule has 0 atom stereocenters. The summed E-state index contributed by atoms with van der Waals surface area (Å²) in [5.74, 6) is 3.38. The first-order valence-corrected chi connectivity index (χ1v) is 7.59. The van der Waals surface area contributed by atoms with E-state index in [4.69, 9.17) is 5.73 Å². The molecule has 0 aliphatic heterocycles. The Bertz CT molecular complexity index is 246. The molecule has 0 aromatic carbocycles. The summed E-state index contributed by atoms with van der Waals surface area (Å²) < 4.78 is 0. The van der Waals surface area contributed by atoms with Crippen molar-refractivity contribution in [3.63, 3.8) is 0 Å². The van der Waals surface area contributed by atoms with Crippen molar-refractivity contribution in [3.05, 3.63) is 0 Å². The van der Waals surface area contributed by atoms with Gasteiger partial charge >= 0.3 is 0 Å². The Labute approximate surface area is 106 Å². The Morgan fingerprint density at radius 3 is 2.18 bits per heavy atom. The minimum absolute atomic E-state index is 0.613. The van der Waals surface area contributed by atoms with Gasteiger partial charge in [-0.05, 0) is 37.5 Å². The molecule has 2 rings (SSSR count). The highest BCUT2D eigenvalue weighted by molar-refractivity contribution is 5.83. The van der Waals surface area contributed by atoms with Crippen molar-refractivity contribution in [1.29, 1.82) is 0 Å². The van der Waals surface area contributed by atoms with Crippen LogP contribution in [0.5, 0.6) is 0 Å². The molecule has 2 N–H and O–H groups in total. The van der Waals surface area contributed by atoms with E-state index in [-0.39, 0.29) is 0 Å². The van der Waals surface area contributed by atoms with Gasteiger partial charge in [0.05, 0.1) is 5.84 Å². The van der Waals surface area contributed by atoms with Gasteiger partial charge in [-0.25, -0.2) is 0 Å². The minimum atomic E-state index is 0.613. The van der Waals surface area contributed by atoms with E-state index in [0.717, 1.165) is 24.2 Å². The smallest absolute Gasteiger partial charge is 0.0968 e. The second-order valence-electron chi connectivity index (χ2n) is 6.04. The van der Waals surface area contributed by atoms with Crippen LogP contribution in [-0.4, -0.2) is 12.4 Å². The Morgan fingerprint density at radius 2 is 1.59 bits per heavy atom. The van der Waals surface area contributed by atoms with Gasteiger partial charge in [0.15, 0.2) is 0 Å². The third-order valence-corrected chi connectivity index (χ3v) is 4.85. The number of amidine groups is 1. The van der Waals surface area contributed by atoms with Gasteiger partial charge in [0.1, 0.15) is 0 Å². The molecule has 0 heterocycles. The number of aliphatic imine (C=N–C) groups is 1. The van der Waals surface area contributed by atoms with Crippen LogP contribution in [0.2, 0.25) is 0 Å². The lowest BCUT2D eigenvalue weighted by Crippen LogP contribution is -2.24. The maximum atomic E-state index is 6.10. The van der Waals surface area contributed by atoms with Crippen molar-refractivity contribution in [1.82, 2.24) is 0 Å². The topological polar surface area (TPSA) is 38.4 Å². The van der Waals surface area contributed by atoms with Crippen LogP contribution in [0.3, 0.4) is 0 Å². The zero-order chi connectivity index (χ0) is 12.1. The third-order valence-electron chi connectivity index (χ3n) is 4.85. The van der Waals surface area contributed by atoms with Gasteiger partial charge in [0.2, 0.25) is 0 Å². The molecule has 98 valence electrons. The summed E-state index contributed by atoms with van der Waals surface area (Å²) in [6, 6.07) is 0. The molecule has 2 nitrogen and oxygen atoms in total. The van der Waals surface area contributed by atoms with Gasteiger partial charge in [0.25, 0.3) is 0 Å². The average molecular weight is 236 g/mol. The van der Waals surface area contributed by atoms with Crippen molar-refractivity contribution in [2.75, 3.05) is 6.54 Å². The summed E-state index contributed by atoms with van der Waals surface area (Å²) in [5, 5.41) is 0. The number of nitrogens with zero attached hydrogens (tertiary/aromatic N) is 1. The molecule has 2 aliphatic rings. The molecule has 0 aromatic heterocycles. The monoisotopic (exact) mass is 236 g/mol. The van der Waals surface area contributed by atoms with Gasteiger partial charge in [-0.2, -0.15) is 0 Å². The van der Waals surface area contributed by atoms with Gasteiger partial charge in [-0.3, -0.25) is 4.99 Å². The van der Waals surface area contributed by atoms with Gasteiger partial charge in [0, 0.05) is 12.5 Å². The normalized spacial score (nSPS) is 31.9. The Kier molecular flexibility index (Phi) is 4.87. The number of rotatable bonds is 4. The first-order chi connectivity index (χ1) is 8.29. The summed E-state index contributed by atoms with van der Waals surface area (Å²) in [5.41, 5.74) is 6.10. The van der Waals surface area contributed by atoms with E-state index in [1.807, 2.05) is 0 Å². The molecule has 0 unspecified atom stereocenters. The second-order valence-corrected chi connectivity index (χ2v) is 6.04. The van der Waals surface area contributed by atoms with Crippen LogP contribution < -0.4 is 5.73 Å². The predicted molar refractivity (Wildman–Crippen MR) is 74.2 cm³/mol. The van der Waals surface area contributed by atoms with E-state index in [1.165, 1.54) is 57.8 Å². The van der Waals surface area contributed by atoms with Crippen LogP contribution in [0, 0.1) is 17.8 Å². The van der Waals surface area contributed by atoms with E-state index >= 15 is 0 Å². The highest BCUT2D eigenvalue weighted by Crippen LogP contribution is 2.31. The molecular formula is C15H28N2. The summed E-state index contributed by atoms with van der Waals surface area (Å²) >= 11 is 0. The molecule has 2 heteroatoms. The van der Waals surface area contributed by atoms with Crippen LogP contribution in [0.4, 0.5) is 0 Å². The fourth-order valence-electron chi connectivity index (χ4n) is 3.41. The highest BCUT2D eigenvalue weighted by Gasteiger charge is 2.21. The first-order valence-electron chi connectivity index (χ1n) is 7.59. The third kappa shape index (κ3) is 3.72. The maximum absolute atomic E-state index is 6.10. The van der Waals surface area contributed by atoms with E-state index in [9.17, 15) is 0 Å². The lowest BCUT2D eigenvalue weighted by molar-refractivity contribution is 0.274. The van der Waals surface area contributed by atoms with Crippen LogP contribution in [0.1, 0.15) is 64.7 Å². The molecule has 2 fully saturated rings. The number of nitrogens with two attached hydrogens (primary N) is 1. The molecule has 0 aromatic rings. The summed E-state index contributed by atoms with van der Waals surface area (Å²) in [4.78, 5) is 4.68. The summed E-state index contributed by atoms with van der Waals surface area (Å²) in [6.45, 7) is 3.32. The average Bonchev–Trinajstić information content (AvgIpc) is 2.90. The minimum Gasteiger partial charge on any atom is -0.387 e. The Hall–Kier alpha value is -0.530. The maximum Gasteiger partial charge on any atom is 0.0968 e. The second kappa shape index (κ2) is 6.42. The highest BCUT2D eigenvalue weighted by atomic mass is 14.9. The van der Waals surface area contributed by atoms with E-state index in [2.05, 4.69) is 11.9 Å². The molecule has 2 aliphatic carbocycles. The lowest BCUT2D eigenvalue weighted by Gasteiger charge is -2.26. The van der Waals surface area contributed by atoms with Crippen molar-refractivity contribution in [2.24, 2.45) is 28.5 Å². The Morgan fingerprint density at radius 1 is 1.00 bits per heavy atom. The predicted octanol–water partition coefficient (Wildman–Crippen LogP) is 3.75. The van der Waals surface area contributed by atoms with Crippen LogP contribution >= 0.6 is 0 Å².